The molecular weight excluding hydrogens is 519 g/mol. The fraction of sp³-hybridized carbons (Fsp3) is 0.355. The van der Waals surface area contributed by atoms with Crippen molar-refractivity contribution in [2.45, 2.75) is 65.1 Å². The molecule has 0 aliphatic carbocycles. The first kappa shape index (κ1) is 29.5. The van der Waals surface area contributed by atoms with Crippen molar-refractivity contribution in [3.8, 4) is 5.75 Å². The highest BCUT2D eigenvalue weighted by Gasteiger charge is 2.32. The molecule has 0 saturated heterocycles. The number of hydrogen-bond donors (Lipinski definition) is 1. The van der Waals surface area contributed by atoms with Gasteiger partial charge < -0.3 is 15.0 Å². The first-order valence-corrected chi connectivity index (χ1v) is 13.6. The van der Waals surface area contributed by atoms with Crippen molar-refractivity contribution in [2.24, 2.45) is 0 Å². The van der Waals surface area contributed by atoms with E-state index >= 15 is 0 Å². The van der Waals surface area contributed by atoms with E-state index in [1.54, 1.807) is 17.0 Å². The van der Waals surface area contributed by atoms with Gasteiger partial charge in [-0.05, 0) is 69.5 Å². The standard InChI is InChI=1S/C31H36Cl2N2O3/c1-22-12-15-25(16-13-22)38-18-8-11-29(36)35(21-24-14-17-26(32)27(33)19-24)28(30(37)34-31(2,3)4)20-23-9-6-5-7-10-23/h5-7,9-10,12-17,19,28H,8,11,18,20-21H2,1-4H3,(H,34,37). The third-order valence-electron chi connectivity index (χ3n) is 5.93. The fourth-order valence-corrected chi connectivity index (χ4v) is 4.35. The Morgan fingerprint density at radius 1 is 0.921 bits per heavy atom. The Bertz CT molecular complexity index is 1210. The van der Waals surface area contributed by atoms with Crippen LogP contribution in [0.1, 0.15) is 50.3 Å². The highest BCUT2D eigenvalue weighted by Crippen LogP contribution is 2.25. The van der Waals surface area contributed by atoms with Crippen LogP contribution in [0, 0.1) is 6.92 Å². The van der Waals surface area contributed by atoms with Crippen LogP contribution in [0.4, 0.5) is 0 Å². The Morgan fingerprint density at radius 2 is 1.61 bits per heavy atom. The van der Waals surface area contributed by atoms with E-state index in [0.717, 1.165) is 22.4 Å². The van der Waals surface area contributed by atoms with Crippen LogP contribution >= 0.6 is 23.2 Å². The quantitative estimate of drug-likeness (QED) is 0.259. The Labute approximate surface area is 236 Å². The van der Waals surface area contributed by atoms with Gasteiger partial charge in [0.05, 0.1) is 16.7 Å². The molecule has 0 aliphatic rings. The molecule has 0 fully saturated rings. The van der Waals surface area contributed by atoms with Crippen molar-refractivity contribution >= 4 is 35.0 Å². The second-order valence-corrected chi connectivity index (χ2v) is 11.3. The van der Waals surface area contributed by atoms with Crippen molar-refractivity contribution in [1.29, 1.82) is 0 Å². The number of amides is 2. The third kappa shape index (κ3) is 9.38. The van der Waals surface area contributed by atoms with Crippen molar-refractivity contribution in [3.63, 3.8) is 0 Å². The predicted octanol–water partition coefficient (Wildman–Crippen LogP) is 7.02. The number of rotatable bonds is 11. The third-order valence-corrected chi connectivity index (χ3v) is 6.67. The summed E-state index contributed by atoms with van der Waals surface area (Å²) in [6.07, 6.45) is 1.14. The minimum atomic E-state index is -0.711. The molecule has 0 saturated carbocycles. The van der Waals surface area contributed by atoms with E-state index in [2.05, 4.69) is 5.32 Å². The van der Waals surface area contributed by atoms with E-state index in [0.29, 0.717) is 29.5 Å². The molecule has 3 aromatic rings. The summed E-state index contributed by atoms with van der Waals surface area (Å²) in [6, 6.07) is 22.1. The topological polar surface area (TPSA) is 58.6 Å². The van der Waals surface area contributed by atoms with Crippen molar-refractivity contribution in [1.82, 2.24) is 10.2 Å². The smallest absolute Gasteiger partial charge is 0.243 e. The van der Waals surface area contributed by atoms with Crippen LogP contribution in [-0.2, 0) is 22.6 Å². The molecule has 1 unspecified atom stereocenters. The van der Waals surface area contributed by atoms with Gasteiger partial charge in [0.25, 0.3) is 0 Å². The minimum absolute atomic E-state index is 0.131. The molecule has 0 aliphatic heterocycles. The molecule has 0 aromatic heterocycles. The summed E-state index contributed by atoms with van der Waals surface area (Å²) in [5.41, 5.74) is 2.47. The lowest BCUT2D eigenvalue weighted by Gasteiger charge is -2.34. The zero-order chi connectivity index (χ0) is 27.7. The molecule has 0 radical (unpaired) electrons. The summed E-state index contributed by atoms with van der Waals surface area (Å²) in [5.74, 6) is 0.432. The van der Waals surface area contributed by atoms with E-state index < -0.39 is 11.6 Å². The molecule has 0 heterocycles. The van der Waals surface area contributed by atoms with E-state index in [9.17, 15) is 9.59 Å². The zero-order valence-electron chi connectivity index (χ0n) is 22.5. The predicted molar refractivity (Wildman–Crippen MR) is 155 cm³/mol. The van der Waals surface area contributed by atoms with E-state index in [1.807, 2.05) is 88.4 Å². The van der Waals surface area contributed by atoms with Crippen LogP contribution in [-0.4, -0.2) is 34.9 Å². The summed E-state index contributed by atoms with van der Waals surface area (Å²) in [4.78, 5) is 28.9. The average Bonchev–Trinajstić information content (AvgIpc) is 2.86. The zero-order valence-corrected chi connectivity index (χ0v) is 24.0. The highest BCUT2D eigenvalue weighted by atomic mass is 35.5. The van der Waals surface area contributed by atoms with Crippen molar-refractivity contribution in [2.75, 3.05) is 6.61 Å². The first-order valence-electron chi connectivity index (χ1n) is 12.8. The lowest BCUT2D eigenvalue weighted by atomic mass is 10.00. The summed E-state index contributed by atoms with van der Waals surface area (Å²) in [5, 5.41) is 3.91. The number of carbonyl (C=O) groups excluding carboxylic acids is 2. The van der Waals surface area contributed by atoms with E-state index in [4.69, 9.17) is 27.9 Å². The van der Waals surface area contributed by atoms with Gasteiger partial charge in [0.15, 0.2) is 0 Å². The Hall–Kier alpha value is -3.02. The molecule has 7 heteroatoms. The number of benzene rings is 3. The molecule has 5 nitrogen and oxygen atoms in total. The molecule has 1 N–H and O–H groups in total. The van der Waals surface area contributed by atoms with Crippen LogP contribution in [0.5, 0.6) is 5.75 Å². The van der Waals surface area contributed by atoms with Crippen molar-refractivity contribution < 1.29 is 14.3 Å². The summed E-state index contributed by atoms with van der Waals surface area (Å²) in [6.45, 7) is 8.43. The molecule has 0 spiro atoms. The van der Waals surface area contributed by atoms with Crippen LogP contribution in [0.15, 0.2) is 72.8 Å². The van der Waals surface area contributed by atoms with Gasteiger partial charge in [0, 0.05) is 24.9 Å². The normalized spacial score (nSPS) is 12.1. The maximum atomic E-state index is 13.7. The Kier molecular flexibility index (Phi) is 10.6. The minimum Gasteiger partial charge on any atom is -0.494 e. The summed E-state index contributed by atoms with van der Waals surface area (Å²) >= 11 is 12.4. The summed E-state index contributed by atoms with van der Waals surface area (Å²) < 4.78 is 5.83. The van der Waals surface area contributed by atoms with Gasteiger partial charge in [-0.25, -0.2) is 0 Å². The van der Waals surface area contributed by atoms with Crippen LogP contribution < -0.4 is 10.1 Å². The van der Waals surface area contributed by atoms with Gasteiger partial charge in [0.2, 0.25) is 11.8 Å². The molecular formula is C31H36Cl2N2O3. The number of ether oxygens (including phenoxy) is 1. The van der Waals surface area contributed by atoms with Gasteiger partial charge in [-0.15, -0.1) is 0 Å². The number of hydrogen-bond acceptors (Lipinski definition) is 3. The van der Waals surface area contributed by atoms with Gasteiger partial charge in [-0.2, -0.15) is 0 Å². The SMILES string of the molecule is Cc1ccc(OCCCC(=O)N(Cc2ccc(Cl)c(Cl)c2)C(Cc2ccccc2)C(=O)NC(C)(C)C)cc1. The van der Waals surface area contributed by atoms with Gasteiger partial charge in [0.1, 0.15) is 11.8 Å². The largest absolute Gasteiger partial charge is 0.494 e. The Balaban J connectivity index is 1.83. The van der Waals surface area contributed by atoms with Gasteiger partial charge in [-0.3, -0.25) is 9.59 Å². The molecule has 3 aromatic carbocycles. The molecule has 202 valence electrons. The fourth-order valence-electron chi connectivity index (χ4n) is 4.03. The number of halogens is 2. The average molecular weight is 556 g/mol. The van der Waals surface area contributed by atoms with E-state index in [-0.39, 0.29) is 24.8 Å². The Morgan fingerprint density at radius 3 is 2.24 bits per heavy atom. The maximum Gasteiger partial charge on any atom is 0.243 e. The lowest BCUT2D eigenvalue weighted by molar-refractivity contribution is -0.142. The number of aryl methyl sites for hydroxylation is 1. The van der Waals surface area contributed by atoms with Gasteiger partial charge >= 0.3 is 0 Å². The first-order chi connectivity index (χ1) is 18.0. The lowest BCUT2D eigenvalue weighted by Crippen LogP contribution is -2.54. The molecule has 38 heavy (non-hydrogen) atoms. The van der Waals surface area contributed by atoms with Crippen molar-refractivity contribution in [3.05, 3.63) is 99.5 Å². The molecule has 0 bridgehead atoms. The van der Waals surface area contributed by atoms with Gasteiger partial charge in [-0.1, -0.05) is 77.3 Å². The molecule has 1 atom stereocenters. The van der Waals surface area contributed by atoms with E-state index in [1.165, 1.54) is 0 Å². The second kappa shape index (κ2) is 13.7. The van der Waals surface area contributed by atoms with Crippen LogP contribution in [0.3, 0.4) is 0 Å². The van der Waals surface area contributed by atoms with Crippen LogP contribution in [0.2, 0.25) is 10.0 Å². The van der Waals surface area contributed by atoms with Crippen LogP contribution in [0.25, 0.3) is 0 Å². The monoisotopic (exact) mass is 554 g/mol. The highest BCUT2D eigenvalue weighted by molar-refractivity contribution is 6.42. The summed E-state index contributed by atoms with van der Waals surface area (Å²) in [7, 11) is 0. The maximum absolute atomic E-state index is 13.7. The second-order valence-electron chi connectivity index (χ2n) is 10.5. The number of nitrogens with zero attached hydrogens (tertiary/aromatic N) is 1. The molecule has 2 amide bonds. The number of nitrogens with one attached hydrogen (secondary N) is 1. The number of carbonyl (C=O) groups is 2. The molecule has 3 rings (SSSR count).